The molecule has 0 aliphatic carbocycles. The molecule has 208 valence electrons. The molecule has 0 unspecified atom stereocenters. The van der Waals surface area contributed by atoms with E-state index in [4.69, 9.17) is 9.73 Å². The van der Waals surface area contributed by atoms with Crippen molar-refractivity contribution < 1.29 is 19.4 Å². The maximum atomic E-state index is 13.0. The summed E-state index contributed by atoms with van der Waals surface area (Å²) in [5.74, 6) is -0.468. The molecule has 2 N–H and O–H groups in total. The molecule has 0 spiro atoms. The number of benzene rings is 3. The number of aromatic hydroxyl groups is 1. The molecular weight excluding hydrogens is 504 g/mol. The Morgan fingerprint density at radius 1 is 0.925 bits per heavy atom. The lowest BCUT2D eigenvalue weighted by molar-refractivity contribution is -0.119. The molecule has 8 nitrogen and oxygen atoms in total. The Hall–Kier alpha value is -4.43. The quantitative estimate of drug-likeness (QED) is 0.182. The van der Waals surface area contributed by atoms with E-state index < -0.39 is 5.97 Å². The third-order valence-corrected chi connectivity index (χ3v) is 6.77. The summed E-state index contributed by atoms with van der Waals surface area (Å²) < 4.78 is 4.83. The van der Waals surface area contributed by atoms with Crippen molar-refractivity contribution in [1.29, 1.82) is 0 Å². The number of fused-ring (bicyclic) bond motifs is 1. The molecule has 8 heteroatoms. The standard InChI is InChI=1S/C32H36N4O4/c1-5-18-36(19-6-2)21-28(37)35(3)25-15-13-24(14-16-25)33-30(22-10-8-7-9-11-22)29-26-17-12-23(32(39)40-4)20-27(26)34-31(29)38/h7-17,20,34,38H,5-6,18-19,21H2,1-4H3. The molecule has 1 aromatic heterocycles. The van der Waals surface area contributed by atoms with Crippen LogP contribution < -0.4 is 4.90 Å². The van der Waals surface area contributed by atoms with Gasteiger partial charge in [0, 0.05) is 29.2 Å². The first-order chi connectivity index (χ1) is 19.4. The van der Waals surface area contributed by atoms with Gasteiger partial charge in [-0.15, -0.1) is 0 Å². The number of aliphatic imine (C=N–C) groups is 1. The lowest BCUT2D eigenvalue weighted by Gasteiger charge is -2.24. The van der Waals surface area contributed by atoms with Gasteiger partial charge in [0.1, 0.15) is 0 Å². The van der Waals surface area contributed by atoms with Gasteiger partial charge in [0.15, 0.2) is 5.88 Å². The molecule has 1 heterocycles. The summed E-state index contributed by atoms with van der Waals surface area (Å²) in [4.78, 5) is 36.7. The molecule has 0 bridgehead atoms. The lowest BCUT2D eigenvalue weighted by atomic mass is 10.00. The van der Waals surface area contributed by atoms with E-state index in [9.17, 15) is 14.7 Å². The van der Waals surface area contributed by atoms with Gasteiger partial charge in [-0.1, -0.05) is 50.2 Å². The van der Waals surface area contributed by atoms with E-state index in [1.165, 1.54) is 7.11 Å². The zero-order chi connectivity index (χ0) is 28.6. The molecule has 3 aromatic carbocycles. The summed E-state index contributed by atoms with van der Waals surface area (Å²) in [6.07, 6.45) is 2.01. The van der Waals surface area contributed by atoms with Crippen LogP contribution >= 0.6 is 0 Å². The van der Waals surface area contributed by atoms with E-state index in [-0.39, 0.29) is 11.8 Å². The monoisotopic (exact) mass is 540 g/mol. The fraction of sp³-hybridized carbons (Fsp3) is 0.281. The maximum Gasteiger partial charge on any atom is 0.337 e. The smallest absolute Gasteiger partial charge is 0.337 e. The van der Waals surface area contributed by atoms with Gasteiger partial charge in [-0.3, -0.25) is 9.69 Å². The van der Waals surface area contributed by atoms with E-state index in [2.05, 4.69) is 23.7 Å². The fourth-order valence-corrected chi connectivity index (χ4v) is 4.75. The number of carbonyl (C=O) groups is 2. The number of esters is 1. The lowest BCUT2D eigenvalue weighted by Crippen LogP contribution is -2.39. The van der Waals surface area contributed by atoms with Crippen LogP contribution in [-0.2, 0) is 9.53 Å². The molecule has 4 rings (SSSR count). The van der Waals surface area contributed by atoms with Crippen LogP contribution in [0, 0.1) is 0 Å². The second kappa shape index (κ2) is 13.1. The van der Waals surface area contributed by atoms with E-state index in [1.54, 1.807) is 30.1 Å². The highest BCUT2D eigenvalue weighted by Gasteiger charge is 2.20. The number of carbonyl (C=O) groups excluding carboxylic acids is 2. The zero-order valence-corrected chi connectivity index (χ0v) is 23.5. The van der Waals surface area contributed by atoms with E-state index in [0.29, 0.717) is 34.6 Å². The van der Waals surface area contributed by atoms with Crippen molar-refractivity contribution in [3.8, 4) is 5.88 Å². The van der Waals surface area contributed by atoms with Crippen molar-refractivity contribution in [3.63, 3.8) is 0 Å². The second-order valence-corrected chi connectivity index (χ2v) is 9.67. The maximum absolute atomic E-state index is 13.0. The Morgan fingerprint density at radius 3 is 2.23 bits per heavy atom. The Bertz CT molecular complexity index is 1490. The normalized spacial score (nSPS) is 11.7. The van der Waals surface area contributed by atoms with Crippen molar-refractivity contribution in [1.82, 2.24) is 9.88 Å². The number of hydrogen-bond donors (Lipinski definition) is 2. The number of rotatable bonds is 11. The number of likely N-dealkylation sites (N-methyl/N-ethyl adjacent to an activating group) is 1. The van der Waals surface area contributed by atoms with Crippen molar-refractivity contribution >= 4 is 39.9 Å². The molecule has 0 saturated carbocycles. The number of anilines is 1. The van der Waals surface area contributed by atoms with Crippen molar-refractivity contribution in [2.75, 3.05) is 38.7 Å². The summed E-state index contributed by atoms with van der Waals surface area (Å²) >= 11 is 0. The van der Waals surface area contributed by atoms with Crippen LogP contribution in [-0.4, -0.2) is 66.4 Å². The van der Waals surface area contributed by atoms with Crippen LogP contribution in [0.3, 0.4) is 0 Å². The van der Waals surface area contributed by atoms with Crippen LogP contribution in [0.15, 0.2) is 77.8 Å². The Kier molecular flexibility index (Phi) is 9.35. The Morgan fingerprint density at radius 2 is 1.60 bits per heavy atom. The predicted octanol–water partition coefficient (Wildman–Crippen LogP) is 5.91. The Labute approximate surface area is 234 Å². The number of methoxy groups -OCH3 is 1. The minimum Gasteiger partial charge on any atom is -0.494 e. The minimum absolute atomic E-state index is 0.0400. The Balaban J connectivity index is 1.68. The zero-order valence-electron chi connectivity index (χ0n) is 23.5. The highest BCUT2D eigenvalue weighted by atomic mass is 16.5. The summed E-state index contributed by atoms with van der Waals surface area (Å²) in [7, 11) is 3.12. The van der Waals surface area contributed by atoms with Crippen LogP contribution in [0.25, 0.3) is 10.9 Å². The summed E-state index contributed by atoms with van der Waals surface area (Å²) in [6, 6.07) is 22.2. The molecule has 4 aromatic rings. The molecule has 0 aliphatic heterocycles. The molecule has 0 atom stereocenters. The molecule has 40 heavy (non-hydrogen) atoms. The van der Waals surface area contributed by atoms with Crippen molar-refractivity contribution in [2.24, 2.45) is 4.99 Å². The third kappa shape index (κ3) is 6.40. The van der Waals surface area contributed by atoms with Gasteiger partial charge in [-0.2, -0.15) is 0 Å². The summed E-state index contributed by atoms with van der Waals surface area (Å²) in [5.41, 5.74) is 4.34. The molecule has 1 amide bonds. The predicted molar refractivity (Wildman–Crippen MR) is 160 cm³/mol. The average Bonchev–Trinajstić information content (AvgIpc) is 3.30. The molecule has 0 aliphatic rings. The molecular formula is C32H36N4O4. The van der Waals surface area contributed by atoms with Crippen LogP contribution in [0.1, 0.15) is 48.2 Å². The summed E-state index contributed by atoms with van der Waals surface area (Å²) in [6.45, 7) is 6.42. The second-order valence-electron chi connectivity index (χ2n) is 9.67. The third-order valence-electron chi connectivity index (χ3n) is 6.77. The molecule has 0 fully saturated rings. The molecule has 0 radical (unpaired) electrons. The number of aromatic nitrogens is 1. The topological polar surface area (TPSA) is 98.2 Å². The van der Waals surface area contributed by atoms with Gasteiger partial charge in [0.2, 0.25) is 5.91 Å². The van der Waals surface area contributed by atoms with E-state index in [0.717, 1.165) is 42.6 Å². The largest absolute Gasteiger partial charge is 0.494 e. The summed E-state index contributed by atoms with van der Waals surface area (Å²) in [5, 5.41) is 11.7. The highest BCUT2D eigenvalue weighted by Crippen LogP contribution is 2.32. The van der Waals surface area contributed by atoms with Gasteiger partial charge >= 0.3 is 5.97 Å². The number of aromatic amines is 1. The number of amides is 1. The van der Waals surface area contributed by atoms with Crippen LogP contribution in [0.5, 0.6) is 5.88 Å². The highest BCUT2D eigenvalue weighted by molar-refractivity contribution is 6.22. The van der Waals surface area contributed by atoms with E-state index >= 15 is 0 Å². The van der Waals surface area contributed by atoms with E-state index in [1.807, 2.05) is 54.6 Å². The van der Waals surface area contributed by atoms with Crippen molar-refractivity contribution in [2.45, 2.75) is 26.7 Å². The first-order valence-electron chi connectivity index (χ1n) is 13.5. The number of hydrogen-bond acceptors (Lipinski definition) is 6. The van der Waals surface area contributed by atoms with Gasteiger partial charge in [0.05, 0.1) is 36.2 Å². The van der Waals surface area contributed by atoms with Crippen LogP contribution in [0.2, 0.25) is 0 Å². The minimum atomic E-state index is -0.457. The van der Waals surface area contributed by atoms with Gasteiger partial charge in [-0.25, -0.2) is 9.79 Å². The van der Waals surface area contributed by atoms with Crippen molar-refractivity contribution in [3.05, 3.63) is 89.5 Å². The van der Waals surface area contributed by atoms with Gasteiger partial charge in [-0.05, 0) is 62.3 Å². The average molecular weight is 541 g/mol. The fourth-order valence-electron chi connectivity index (χ4n) is 4.75. The first kappa shape index (κ1) is 28.6. The van der Waals surface area contributed by atoms with Crippen LogP contribution in [0.4, 0.5) is 11.4 Å². The SMILES string of the molecule is CCCN(CCC)CC(=O)N(C)c1ccc(N=C(c2ccccc2)c2c(O)[nH]c3cc(C(=O)OC)ccc23)cc1. The van der Waals surface area contributed by atoms with Gasteiger partial charge < -0.3 is 19.7 Å². The number of nitrogens with zero attached hydrogens (tertiary/aromatic N) is 3. The number of H-pyrrole nitrogens is 1. The van der Waals surface area contributed by atoms with Gasteiger partial charge in [0.25, 0.3) is 0 Å². The number of nitrogens with one attached hydrogen (secondary N) is 1. The first-order valence-corrected chi connectivity index (χ1v) is 13.5. The number of ether oxygens (including phenoxy) is 1. The molecule has 0 saturated heterocycles.